The molecule has 0 radical (unpaired) electrons. The van der Waals surface area contributed by atoms with Gasteiger partial charge in [-0.15, -0.1) is 11.8 Å². The first-order valence-electron chi connectivity index (χ1n) is 4.41. The summed E-state index contributed by atoms with van der Waals surface area (Å²) in [5.74, 6) is 0. The number of halogens is 1. The average Bonchev–Trinajstić information content (AvgIpc) is 2.20. The van der Waals surface area contributed by atoms with Crippen molar-refractivity contribution in [3.8, 4) is 6.07 Å². The molecule has 1 heterocycles. The molecule has 0 aromatic carbocycles. The van der Waals surface area contributed by atoms with Crippen molar-refractivity contribution < 1.29 is 0 Å². The summed E-state index contributed by atoms with van der Waals surface area (Å²) < 4.78 is 0. The number of rotatable bonds is 4. The van der Waals surface area contributed by atoms with Crippen molar-refractivity contribution in [2.24, 2.45) is 0 Å². The lowest BCUT2D eigenvalue weighted by Gasteiger charge is -2.08. The van der Waals surface area contributed by atoms with Gasteiger partial charge in [0.25, 0.3) is 0 Å². The van der Waals surface area contributed by atoms with Gasteiger partial charge in [-0.25, -0.2) is 4.98 Å². The fourth-order valence-corrected chi connectivity index (χ4v) is 2.01. The lowest BCUT2D eigenvalue weighted by molar-refractivity contribution is 0.839. The first kappa shape index (κ1) is 11.4. The standard InChI is InChI=1S/C10H11ClN2S/c1-2-9(5-6-12)14-10-4-3-8(11)7-13-10/h3-4,7,9H,2,5H2,1H3. The Morgan fingerprint density at radius 1 is 1.64 bits per heavy atom. The number of nitriles is 1. The molecule has 0 amide bonds. The molecule has 0 fully saturated rings. The first-order chi connectivity index (χ1) is 6.76. The highest BCUT2D eigenvalue weighted by Crippen LogP contribution is 2.26. The minimum Gasteiger partial charge on any atom is -0.248 e. The molecule has 0 saturated carbocycles. The topological polar surface area (TPSA) is 36.7 Å². The molecule has 1 rings (SSSR count). The third-order valence-corrected chi connectivity index (χ3v) is 3.30. The van der Waals surface area contributed by atoms with Gasteiger partial charge in [-0.2, -0.15) is 5.26 Å². The van der Waals surface area contributed by atoms with Crippen molar-refractivity contribution in [3.63, 3.8) is 0 Å². The molecular weight excluding hydrogens is 216 g/mol. The summed E-state index contributed by atoms with van der Waals surface area (Å²) in [5.41, 5.74) is 0. The van der Waals surface area contributed by atoms with E-state index in [0.29, 0.717) is 16.7 Å². The molecule has 1 unspecified atom stereocenters. The van der Waals surface area contributed by atoms with Gasteiger partial charge in [0.15, 0.2) is 0 Å². The number of pyridine rings is 1. The zero-order valence-corrected chi connectivity index (χ0v) is 9.48. The lowest BCUT2D eigenvalue weighted by atomic mass is 10.3. The molecule has 0 bridgehead atoms. The summed E-state index contributed by atoms with van der Waals surface area (Å²) >= 11 is 7.35. The van der Waals surface area contributed by atoms with Crippen LogP contribution in [0.2, 0.25) is 5.02 Å². The average molecular weight is 227 g/mol. The van der Waals surface area contributed by atoms with Crippen molar-refractivity contribution >= 4 is 23.4 Å². The van der Waals surface area contributed by atoms with Gasteiger partial charge in [0.05, 0.1) is 16.1 Å². The summed E-state index contributed by atoms with van der Waals surface area (Å²) in [5, 5.41) is 10.5. The van der Waals surface area contributed by atoms with E-state index in [4.69, 9.17) is 16.9 Å². The maximum atomic E-state index is 8.59. The Morgan fingerprint density at radius 3 is 2.93 bits per heavy atom. The molecule has 0 aliphatic carbocycles. The molecular formula is C10H11ClN2S. The molecule has 4 heteroatoms. The molecule has 74 valence electrons. The Labute approximate surface area is 93.3 Å². The molecule has 1 atom stereocenters. The predicted octanol–water partition coefficient (Wildman–Crippen LogP) is 3.52. The van der Waals surface area contributed by atoms with E-state index < -0.39 is 0 Å². The van der Waals surface area contributed by atoms with Crippen LogP contribution in [0.5, 0.6) is 0 Å². The van der Waals surface area contributed by atoms with Crippen LogP contribution in [0, 0.1) is 11.3 Å². The molecule has 0 aliphatic rings. The molecule has 0 saturated heterocycles. The minimum atomic E-state index is 0.327. The van der Waals surface area contributed by atoms with Gasteiger partial charge in [-0.05, 0) is 18.6 Å². The third-order valence-electron chi connectivity index (χ3n) is 1.76. The molecule has 0 aliphatic heterocycles. The largest absolute Gasteiger partial charge is 0.248 e. The van der Waals surface area contributed by atoms with Crippen LogP contribution in [0.25, 0.3) is 0 Å². The Balaban J connectivity index is 2.59. The SMILES string of the molecule is CCC(CC#N)Sc1ccc(Cl)cn1. The van der Waals surface area contributed by atoms with Gasteiger partial charge in [0.2, 0.25) is 0 Å². The third kappa shape index (κ3) is 3.57. The number of hydrogen-bond donors (Lipinski definition) is 0. The number of thioether (sulfide) groups is 1. The van der Waals surface area contributed by atoms with Gasteiger partial charge >= 0.3 is 0 Å². The van der Waals surface area contributed by atoms with Crippen molar-refractivity contribution in [2.45, 2.75) is 30.0 Å². The Hall–Kier alpha value is -0.720. The zero-order valence-electron chi connectivity index (χ0n) is 7.90. The lowest BCUT2D eigenvalue weighted by Crippen LogP contribution is -1.99. The van der Waals surface area contributed by atoms with E-state index >= 15 is 0 Å². The molecule has 1 aromatic rings. The van der Waals surface area contributed by atoms with Crippen molar-refractivity contribution in [1.29, 1.82) is 5.26 Å². The summed E-state index contributed by atoms with van der Waals surface area (Å²) in [4.78, 5) is 4.17. The Kier molecular flexibility index (Phi) is 4.78. The van der Waals surface area contributed by atoms with Gasteiger partial charge < -0.3 is 0 Å². The van der Waals surface area contributed by atoms with Crippen LogP contribution >= 0.6 is 23.4 Å². The van der Waals surface area contributed by atoms with Crippen LogP contribution in [0.1, 0.15) is 19.8 Å². The normalized spacial score (nSPS) is 12.1. The fraction of sp³-hybridized carbons (Fsp3) is 0.400. The van der Waals surface area contributed by atoms with Crippen LogP contribution in [0.3, 0.4) is 0 Å². The van der Waals surface area contributed by atoms with Crippen LogP contribution in [0.4, 0.5) is 0 Å². The number of hydrogen-bond acceptors (Lipinski definition) is 3. The van der Waals surface area contributed by atoms with E-state index in [1.54, 1.807) is 18.0 Å². The minimum absolute atomic E-state index is 0.327. The Morgan fingerprint density at radius 2 is 2.43 bits per heavy atom. The van der Waals surface area contributed by atoms with Crippen LogP contribution in [0.15, 0.2) is 23.4 Å². The van der Waals surface area contributed by atoms with Gasteiger partial charge in [-0.3, -0.25) is 0 Å². The monoisotopic (exact) mass is 226 g/mol. The van der Waals surface area contributed by atoms with Crippen LogP contribution < -0.4 is 0 Å². The molecule has 0 spiro atoms. The number of aromatic nitrogens is 1. The van der Waals surface area contributed by atoms with Crippen molar-refractivity contribution in [2.75, 3.05) is 0 Å². The van der Waals surface area contributed by atoms with E-state index in [9.17, 15) is 0 Å². The summed E-state index contributed by atoms with van der Waals surface area (Å²) in [6.07, 6.45) is 3.16. The summed E-state index contributed by atoms with van der Waals surface area (Å²) in [6.45, 7) is 2.07. The van der Waals surface area contributed by atoms with Crippen molar-refractivity contribution in [3.05, 3.63) is 23.4 Å². The van der Waals surface area contributed by atoms with E-state index in [2.05, 4.69) is 18.0 Å². The highest BCUT2D eigenvalue weighted by Gasteiger charge is 2.08. The first-order valence-corrected chi connectivity index (χ1v) is 5.67. The van der Waals surface area contributed by atoms with Crippen molar-refractivity contribution in [1.82, 2.24) is 4.98 Å². The molecule has 1 aromatic heterocycles. The summed E-state index contributed by atoms with van der Waals surface area (Å²) in [6, 6.07) is 5.87. The molecule has 0 N–H and O–H groups in total. The smallest absolute Gasteiger partial charge is 0.0963 e. The zero-order chi connectivity index (χ0) is 10.4. The van der Waals surface area contributed by atoms with Gasteiger partial charge in [-0.1, -0.05) is 18.5 Å². The van der Waals surface area contributed by atoms with Crippen LogP contribution in [-0.2, 0) is 0 Å². The van der Waals surface area contributed by atoms with E-state index in [1.165, 1.54) is 0 Å². The quantitative estimate of drug-likeness (QED) is 0.738. The highest BCUT2D eigenvalue weighted by molar-refractivity contribution is 7.99. The maximum absolute atomic E-state index is 8.59. The van der Waals surface area contributed by atoms with Crippen LogP contribution in [-0.4, -0.2) is 10.2 Å². The fourth-order valence-electron chi connectivity index (χ4n) is 0.974. The van der Waals surface area contributed by atoms with E-state index in [0.717, 1.165) is 11.4 Å². The summed E-state index contributed by atoms with van der Waals surface area (Å²) in [7, 11) is 0. The van der Waals surface area contributed by atoms with Gasteiger partial charge in [0.1, 0.15) is 0 Å². The molecule has 14 heavy (non-hydrogen) atoms. The van der Waals surface area contributed by atoms with E-state index in [1.807, 2.05) is 12.1 Å². The number of nitrogens with zero attached hydrogens (tertiary/aromatic N) is 2. The van der Waals surface area contributed by atoms with E-state index in [-0.39, 0.29) is 0 Å². The maximum Gasteiger partial charge on any atom is 0.0963 e. The van der Waals surface area contributed by atoms with Gasteiger partial charge in [0, 0.05) is 17.9 Å². The second-order valence-corrected chi connectivity index (χ2v) is 4.58. The highest BCUT2D eigenvalue weighted by atomic mass is 35.5. The Bertz CT molecular complexity index is 318. The predicted molar refractivity (Wildman–Crippen MR) is 59.4 cm³/mol. The molecule has 2 nitrogen and oxygen atoms in total. The second kappa shape index (κ2) is 5.90. The second-order valence-electron chi connectivity index (χ2n) is 2.83.